The molecule has 0 fully saturated rings. The molecule has 0 bridgehead atoms. The molecule has 0 saturated carbocycles. The quantitative estimate of drug-likeness (QED) is 0.401. The molecule has 6 heteroatoms. The molecule has 0 unspecified atom stereocenters. The monoisotopic (exact) mass is 284 g/mol. The van der Waals surface area contributed by atoms with Gasteiger partial charge in [-0.1, -0.05) is 30.3 Å². The Labute approximate surface area is 119 Å². The zero-order valence-electron chi connectivity index (χ0n) is 10.7. The van der Waals surface area contributed by atoms with Crippen molar-refractivity contribution in [1.82, 2.24) is 0 Å². The van der Waals surface area contributed by atoms with E-state index >= 15 is 0 Å². The lowest BCUT2D eigenvalue weighted by Gasteiger charge is -2.06. The Hall–Kier alpha value is -3.15. The van der Waals surface area contributed by atoms with Crippen molar-refractivity contribution in [2.45, 2.75) is 0 Å². The van der Waals surface area contributed by atoms with Crippen LogP contribution in [0.2, 0.25) is 0 Å². The van der Waals surface area contributed by atoms with Crippen molar-refractivity contribution in [1.29, 1.82) is 0 Å². The van der Waals surface area contributed by atoms with Crippen molar-refractivity contribution in [3.63, 3.8) is 0 Å². The van der Waals surface area contributed by atoms with Crippen LogP contribution in [0.4, 0.5) is 5.69 Å². The third-order valence-electron chi connectivity index (χ3n) is 2.74. The number of benzene rings is 2. The molecule has 1 N–H and O–H groups in total. The summed E-state index contributed by atoms with van der Waals surface area (Å²) in [4.78, 5) is 21.8. The number of carbonyl (C=O) groups is 1. The molecular weight excluding hydrogens is 274 g/mol. The minimum absolute atomic E-state index is 0.0272. The summed E-state index contributed by atoms with van der Waals surface area (Å²) in [5, 5.41) is 31.2. The van der Waals surface area contributed by atoms with Crippen LogP contribution in [-0.4, -0.2) is 15.8 Å². The van der Waals surface area contributed by atoms with Gasteiger partial charge in [0.25, 0.3) is 5.69 Å². The van der Waals surface area contributed by atoms with E-state index in [1.54, 1.807) is 0 Å². The first kappa shape index (κ1) is 14.3. The summed E-state index contributed by atoms with van der Waals surface area (Å²) < 4.78 is 0. The number of hydrogen-bond acceptors (Lipinski definition) is 5. The van der Waals surface area contributed by atoms with E-state index in [1.165, 1.54) is 42.5 Å². The third kappa shape index (κ3) is 3.44. The van der Waals surface area contributed by atoms with Crippen molar-refractivity contribution < 1.29 is 19.9 Å². The number of phenols is 1. The van der Waals surface area contributed by atoms with Crippen molar-refractivity contribution in [2.24, 2.45) is 0 Å². The number of nitro benzene ring substituents is 1. The molecule has 0 aromatic heterocycles. The van der Waals surface area contributed by atoms with Gasteiger partial charge in [-0.15, -0.1) is 0 Å². The fraction of sp³-hybridized carbons (Fsp3) is 0. The summed E-state index contributed by atoms with van der Waals surface area (Å²) in [5.41, 5.74) is 0.123. The predicted molar refractivity (Wildman–Crippen MR) is 74.0 cm³/mol. The number of phenolic OH excluding ortho intramolecular Hbond substituents is 1. The minimum Gasteiger partial charge on any atom is -0.868 e. The van der Waals surface area contributed by atoms with Crippen molar-refractivity contribution >= 4 is 17.5 Å². The van der Waals surface area contributed by atoms with Crippen molar-refractivity contribution in [2.75, 3.05) is 0 Å². The van der Waals surface area contributed by atoms with Crippen molar-refractivity contribution in [3.05, 3.63) is 69.8 Å². The zero-order chi connectivity index (χ0) is 15.4. The van der Waals surface area contributed by atoms with Crippen LogP contribution in [0.5, 0.6) is 11.5 Å². The van der Waals surface area contributed by atoms with Gasteiger partial charge in [-0.2, -0.15) is 0 Å². The molecule has 0 spiro atoms. The fourth-order valence-corrected chi connectivity index (χ4v) is 1.71. The molecule has 21 heavy (non-hydrogen) atoms. The molecule has 0 saturated heterocycles. The Morgan fingerprint density at radius 3 is 2.62 bits per heavy atom. The second-order valence-corrected chi connectivity index (χ2v) is 4.23. The molecule has 0 atom stereocenters. The Morgan fingerprint density at radius 1 is 1.19 bits per heavy atom. The molecule has 106 valence electrons. The number of allylic oxidation sites excluding steroid dienone is 1. The average Bonchev–Trinajstić information content (AvgIpc) is 2.45. The number of nitro groups is 1. The standard InChI is InChI=1S/C15H11NO5/c17-12-3-1-2-11(9-12)14(18)6-4-10-5-7-15(19)13(8-10)16(20)21/h1-9,17,19H/p-1/b6-4+. The molecule has 0 heterocycles. The highest BCUT2D eigenvalue weighted by Gasteiger charge is 2.07. The van der Waals surface area contributed by atoms with Crippen LogP contribution >= 0.6 is 0 Å². The number of aromatic hydroxyl groups is 1. The molecule has 0 aliphatic rings. The van der Waals surface area contributed by atoms with Gasteiger partial charge >= 0.3 is 0 Å². The Kier molecular flexibility index (Phi) is 3.99. The second-order valence-electron chi connectivity index (χ2n) is 4.23. The van der Waals surface area contributed by atoms with E-state index in [9.17, 15) is 25.1 Å². The van der Waals surface area contributed by atoms with Crippen LogP contribution in [0.3, 0.4) is 0 Å². The summed E-state index contributed by atoms with van der Waals surface area (Å²) in [7, 11) is 0. The van der Waals surface area contributed by atoms with Crippen LogP contribution in [0.1, 0.15) is 15.9 Å². The van der Waals surface area contributed by atoms with E-state index in [0.29, 0.717) is 11.1 Å². The summed E-state index contributed by atoms with van der Waals surface area (Å²) in [6.45, 7) is 0. The highest BCUT2D eigenvalue weighted by Crippen LogP contribution is 2.24. The van der Waals surface area contributed by atoms with Crippen molar-refractivity contribution in [3.8, 4) is 11.5 Å². The summed E-state index contributed by atoms with van der Waals surface area (Å²) >= 11 is 0. The maximum absolute atomic E-state index is 11.9. The highest BCUT2D eigenvalue weighted by molar-refractivity contribution is 6.07. The van der Waals surface area contributed by atoms with Gasteiger partial charge in [0, 0.05) is 11.6 Å². The van der Waals surface area contributed by atoms with Crippen LogP contribution in [0.25, 0.3) is 6.08 Å². The van der Waals surface area contributed by atoms with Crippen LogP contribution < -0.4 is 5.11 Å². The topological polar surface area (TPSA) is 104 Å². The normalized spacial score (nSPS) is 10.7. The lowest BCUT2D eigenvalue weighted by molar-refractivity contribution is -0.398. The first-order chi connectivity index (χ1) is 9.97. The average molecular weight is 284 g/mol. The molecule has 0 amide bonds. The molecular formula is C15H10NO5-. The van der Waals surface area contributed by atoms with E-state index in [0.717, 1.165) is 12.1 Å². The van der Waals surface area contributed by atoms with Gasteiger partial charge in [-0.05, 0) is 29.5 Å². The highest BCUT2D eigenvalue weighted by atomic mass is 16.6. The Bertz CT molecular complexity index is 737. The summed E-state index contributed by atoms with van der Waals surface area (Å²) in [6, 6.07) is 9.41. The zero-order valence-corrected chi connectivity index (χ0v) is 10.7. The van der Waals surface area contributed by atoms with E-state index < -0.39 is 16.4 Å². The molecule has 2 aromatic rings. The lowest BCUT2D eigenvalue weighted by Crippen LogP contribution is -1.98. The van der Waals surface area contributed by atoms with E-state index in [4.69, 9.17) is 0 Å². The van der Waals surface area contributed by atoms with Gasteiger partial charge < -0.3 is 10.2 Å². The molecule has 0 aliphatic heterocycles. The smallest absolute Gasteiger partial charge is 0.262 e. The molecule has 6 nitrogen and oxygen atoms in total. The Morgan fingerprint density at radius 2 is 1.95 bits per heavy atom. The van der Waals surface area contributed by atoms with E-state index in [-0.39, 0.29) is 11.5 Å². The summed E-state index contributed by atoms with van der Waals surface area (Å²) in [6.07, 6.45) is 2.59. The molecule has 2 aromatic carbocycles. The van der Waals surface area contributed by atoms with E-state index in [1.807, 2.05) is 0 Å². The van der Waals surface area contributed by atoms with Crippen LogP contribution in [0.15, 0.2) is 48.5 Å². The largest absolute Gasteiger partial charge is 0.868 e. The summed E-state index contributed by atoms with van der Waals surface area (Å²) in [5.74, 6) is -1.07. The first-order valence-corrected chi connectivity index (χ1v) is 5.94. The van der Waals surface area contributed by atoms with E-state index in [2.05, 4.69) is 0 Å². The molecule has 0 radical (unpaired) electrons. The van der Waals surface area contributed by atoms with Gasteiger partial charge in [0.05, 0.1) is 4.92 Å². The number of ketones is 1. The SMILES string of the molecule is O=C(/C=C/c1ccc([O-])c([N+](=O)[O-])c1)c1cccc(O)c1. The maximum Gasteiger partial charge on any atom is 0.262 e. The van der Waals surface area contributed by atoms with Crippen LogP contribution in [-0.2, 0) is 0 Å². The minimum atomic E-state index is -0.767. The fourth-order valence-electron chi connectivity index (χ4n) is 1.71. The first-order valence-electron chi connectivity index (χ1n) is 5.94. The Balaban J connectivity index is 2.23. The number of nitrogens with zero attached hydrogens (tertiary/aromatic N) is 1. The second kappa shape index (κ2) is 5.87. The number of rotatable bonds is 4. The molecule has 2 rings (SSSR count). The van der Waals surface area contributed by atoms with Gasteiger partial charge in [-0.3, -0.25) is 14.9 Å². The predicted octanol–water partition coefficient (Wildman–Crippen LogP) is 2.27. The van der Waals surface area contributed by atoms with Gasteiger partial charge in [0.15, 0.2) is 5.78 Å². The third-order valence-corrected chi connectivity index (χ3v) is 2.74. The molecule has 0 aliphatic carbocycles. The van der Waals surface area contributed by atoms with Crippen LogP contribution in [0, 0.1) is 10.1 Å². The maximum atomic E-state index is 11.9. The van der Waals surface area contributed by atoms with Gasteiger partial charge in [0.1, 0.15) is 5.75 Å². The number of hydrogen-bond donors (Lipinski definition) is 1. The van der Waals surface area contributed by atoms with Gasteiger partial charge in [-0.25, -0.2) is 0 Å². The van der Waals surface area contributed by atoms with Gasteiger partial charge in [0.2, 0.25) is 0 Å². The lowest BCUT2D eigenvalue weighted by atomic mass is 10.1. The number of carbonyl (C=O) groups excluding carboxylic acids is 1.